The molecule has 0 aliphatic carbocycles. The van der Waals surface area contributed by atoms with E-state index in [-0.39, 0.29) is 5.65 Å². The molecule has 0 spiro atoms. The van der Waals surface area contributed by atoms with E-state index in [1.54, 1.807) is 18.5 Å². The van der Waals surface area contributed by atoms with Gasteiger partial charge in [0.25, 0.3) is 5.56 Å². The number of hydrogen-bond acceptors (Lipinski definition) is 4. The molecule has 5 nitrogen and oxygen atoms in total. The molecule has 0 radical (unpaired) electrons. The van der Waals surface area contributed by atoms with E-state index in [0.29, 0.717) is 10.1 Å². The van der Waals surface area contributed by atoms with Crippen molar-refractivity contribution in [3.63, 3.8) is 0 Å². The normalized spacial score (nSPS) is 11.1. The van der Waals surface area contributed by atoms with E-state index >= 15 is 0 Å². The van der Waals surface area contributed by atoms with Crippen molar-refractivity contribution < 1.29 is 5.21 Å². The summed E-state index contributed by atoms with van der Waals surface area (Å²) in [4.78, 5) is 20.3. The fraction of sp³-hybridized carbons (Fsp3) is 0. The lowest BCUT2D eigenvalue weighted by Gasteiger charge is -2.09. The lowest BCUT2D eigenvalue weighted by Crippen LogP contribution is -2.18. The molecular formula is C17H11N3O2. The molecule has 0 saturated carbocycles. The van der Waals surface area contributed by atoms with E-state index in [0.717, 1.165) is 22.0 Å². The van der Waals surface area contributed by atoms with Crippen LogP contribution in [-0.4, -0.2) is 19.9 Å². The Morgan fingerprint density at radius 2 is 1.77 bits per heavy atom. The Hall–Kier alpha value is -3.21. The van der Waals surface area contributed by atoms with Gasteiger partial charge in [0, 0.05) is 29.2 Å². The molecule has 1 aromatic carbocycles. The van der Waals surface area contributed by atoms with Gasteiger partial charge in [-0.2, -0.15) is 0 Å². The molecule has 0 bridgehead atoms. The number of fused-ring (bicyclic) bond motifs is 2. The Bertz CT molecular complexity index is 1070. The first-order chi connectivity index (χ1) is 10.7. The maximum Gasteiger partial charge on any atom is 0.285 e. The molecule has 3 aromatic heterocycles. The molecule has 0 aliphatic rings. The van der Waals surface area contributed by atoms with Crippen LogP contribution < -0.4 is 5.56 Å². The lowest BCUT2D eigenvalue weighted by molar-refractivity contribution is 0.187. The Labute approximate surface area is 125 Å². The second-order valence-corrected chi connectivity index (χ2v) is 4.99. The highest BCUT2D eigenvalue weighted by molar-refractivity contribution is 5.95. The van der Waals surface area contributed by atoms with Crippen LogP contribution in [0.25, 0.3) is 33.1 Å². The Kier molecular flexibility index (Phi) is 2.66. The molecule has 0 atom stereocenters. The van der Waals surface area contributed by atoms with Gasteiger partial charge in [0.1, 0.15) is 0 Å². The second kappa shape index (κ2) is 4.66. The van der Waals surface area contributed by atoms with Gasteiger partial charge in [-0.3, -0.25) is 9.78 Å². The van der Waals surface area contributed by atoms with Gasteiger partial charge in [0.05, 0.1) is 5.52 Å². The zero-order valence-corrected chi connectivity index (χ0v) is 11.5. The molecule has 0 fully saturated rings. The Morgan fingerprint density at radius 1 is 0.955 bits per heavy atom. The molecule has 4 rings (SSSR count). The van der Waals surface area contributed by atoms with Crippen LogP contribution in [0.1, 0.15) is 0 Å². The van der Waals surface area contributed by atoms with E-state index in [2.05, 4.69) is 9.97 Å². The van der Waals surface area contributed by atoms with Crippen molar-refractivity contribution in [2.24, 2.45) is 0 Å². The highest BCUT2D eigenvalue weighted by atomic mass is 16.5. The predicted octanol–water partition coefficient (Wildman–Crippen LogP) is 2.85. The standard InChI is InChI=1S/C17H11N3O2/c21-16-10-14(13-4-2-8-19-17(13)20(16)22)11-5-6-15-12(9-11)3-1-7-18-15/h1-10,22H. The van der Waals surface area contributed by atoms with Crippen molar-refractivity contribution in [2.45, 2.75) is 0 Å². The van der Waals surface area contributed by atoms with Gasteiger partial charge in [-0.05, 0) is 41.5 Å². The zero-order chi connectivity index (χ0) is 15.1. The van der Waals surface area contributed by atoms with Gasteiger partial charge >= 0.3 is 0 Å². The minimum atomic E-state index is -0.507. The molecule has 22 heavy (non-hydrogen) atoms. The summed E-state index contributed by atoms with van der Waals surface area (Å²) in [7, 11) is 0. The maximum absolute atomic E-state index is 12.0. The number of hydrogen-bond donors (Lipinski definition) is 1. The summed E-state index contributed by atoms with van der Waals surface area (Å²) >= 11 is 0. The van der Waals surface area contributed by atoms with Crippen LogP contribution in [0.3, 0.4) is 0 Å². The molecular weight excluding hydrogens is 278 g/mol. The predicted molar refractivity (Wildman–Crippen MR) is 83.9 cm³/mol. The number of rotatable bonds is 1. The van der Waals surface area contributed by atoms with Crippen LogP contribution in [0.4, 0.5) is 0 Å². The van der Waals surface area contributed by atoms with Crippen molar-refractivity contribution >= 4 is 21.9 Å². The summed E-state index contributed by atoms with van der Waals surface area (Å²) in [6, 6.07) is 14.7. The first-order valence-electron chi connectivity index (χ1n) is 6.79. The third kappa shape index (κ3) is 1.83. The molecule has 5 heteroatoms. The maximum atomic E-state index is 12.0. The monoisotopic (exact) mass is 289 g/mol. The van der Waals surface area contributed by atoms with Crippen LogP contribution in [-0.2, 0) is 0 Å². The van der Waals surface area contributed by atoms with Crippen LogP contribution in [0, 0.1) is 0 Å². The van der Waals surface area contributed by atoms with Crippen molar-refractivity contribution in [1.29, 1.82) is 0 Å². The molecule has 0 aliphatic heterocycles. The van der Waals surface area contributed by atoms with Crippen LogP contribution in [0.2, 0.25) is 0 Å². The summed E-state index contributed by atoms with van der Waals surface area (Å²) in [5.41, 5.74) is 2.26. The minimum absolute atomic E-state index is 0.247. The van der Waals surface area contributed by atoms with Crippen molar-refractivity contribution in [2.75, 3.05) is 0 Å². The number of nitrogens with zero attached hydrogens (tertiary/aromatic N) is 3. The molecule has 3 heterocycles. The van der Waals surface area contributed by atoms with Crippen molar-refractivity contribution in [3.8, 4) is 11.1 Å². The molecule has 1 N–H and O–H groups in total. The van der Waals surface area contributed by atoms with Crippen molar-refractivity contribution in [3.05, 3.63) is 71.3 Å². The third-order valence-electron chi connectivity index (χ3n) is 3.67. The van der Waals surface area contributed by atoms with Gasteiger partial charge in [0.2, 0.25) is 0 Å². The van der Waals surface area contributed by atoms with Gasteiger partial charge in [-0.15, -0.1) is 4.73 Å². The van der Waals surface area contributed by atoms with Gasteiger partial charge < -0.3 is 5.21 Å². The van der Waals surface area contributed by atoms with Crippen molar-refractivity contribution in [1.82, 2.24) is 14.7 Å². The SMILES string of the molecule is O=c1cc(-c2ccc3ncccc3c2)c2cccnc2n1O. The average molecular weight is 289 g/mol. The lowest BCUT2D eigenvalue weighted by atomic mass is 10.0. The molecule has 0 saturated heterocycles. The summed E-state index contributed by atoms with van der Waals surface area (Å²) in [5, 5.41) is 11.5. The smallest absolute Gasteiger partial charge is 0.285 e. The first-order valence-corrected chi connectivity index (χ1v) is 6.79. The molecule has 106 valence electrons. The van der Waals surface area contributed by atoms with Gasteiger partial charge in [-0.1, -0.05) is 12.1 Å². The largest absolute Gasteiger partial charge is 0.423 e. The van der Waals surface area contributed by atoms with E-state index in [9.17, 15) is 10.0 Å². The topological polar surface area (TPSA) is 68.0 Å². The quantitative estimate of drug-likeness (QED) is 0.547. The number of pyridine rings is 3. The molecule has 0 unspecified atom stereocenters. The van der Waals surface area contributed by atoms with Crippen LogP contribution in [0.5, 0.6) is 0 Å². The Morgan fingerprint density at radius 3 is 2.68 bits per heavy atom. The summed E-state index contributed by atoms with van der Waals surface area (Å²) in [5.74, 6) is 0. The second-order valence-electron chi connectivity index (χ2n) is 4.99. The fourth-order valence-electron chi connectivity index (χ4n) is 2.62. The van der Waals surface area contributed by atoms with Gasteiger partial charge in [0.15, 0.2) is 5.65 Å². The van der Waals surface area contributed by atoms with E-state index in [1.807, 2.05) is 36.4 Å². The third-order valence-corrected chi connectivity index (χ3v) is 3.67. The average Bonchev–Trinajstić information content (AvgIpc) is 2.58. The van der Waals surface area contributed by atoms with E-state index < -0.39 is 5.56 Å². The summed E-state index contributed by atoms with van der Waals surface area (Å²) in [6.45, 7) is 0. The number of benzene rings is 1. The highest BCUT2D eigenvalue weighted by Crippen LogP contribution is 2.28. The van der Waals surface area contributed by atoms with Crippen LogP contribution in [0.15, 0.2) is 65.7 Å². The Balaban J connectivity index is 2.08. The zero-order valence-electron chi connectivity index (χ0n) is 11.5. The van der Waals surface area contributed by atoms with Crippen LogP contribution >= 0.6 is 0 Å². The highest BCUT2D eigenvalue weighted by Gasteiger charge is 2.11. The van der Waals surface area contributed by atoms with E-state index in [4.69, 9.17) is 0 Å². The molecule has 0 amide bonds. The van der Waals surface area contributed by atoms with E-state index in [1.165, 1.54) is 6.07 Å². The van der Waals surface area contributed by atoms with Gasteiger partial charge in [-0.25, -0.2) is 4.98 Å². The minimum Gasteiger partial charge on any atom is -0.423 e. The summed E-state index contributed by atoms with van der Waals surface area (Å²) in [6.07, 6.45) is 3.29. The summed E-state index contributed by atoms with van der Waals surface area (Å²) < 4.78 is 0.571. The number of aromatic nitrogens is 3. The fourth-order valence-corrected chi connectivity index (χ4v) is 2.62. The molecule has 4 aromatic rings. The first kappa shape index (κ1) is 12.5.